The molecule has 2 rings (SSSR count). The normalized spacial score (nSPS) is 19.2. The molecule has 1 aliphatic heterocycles. The van der Waals surface area contributed by atoms with Crippen molar-refractivity contribution in [2.75, 3.05) is 13.2 Å². The average Bonchev–Trinajstić information content (AvgIpc) is 2.90. The zero-order valence-electron chi connectivity index (χ0n) is 11.1. The van der Waals surface area contributed by atoms with Crippen molar-refractivity contribution in [3.63, 3.8) is 0 Å². The smallest absolute Gasteiger partial charge is 0.228 e. The molecule has 0 aliphatic carbocycles. The van der Waals surface area contributed by atoms with Crippen molar-refractivity contribution in [3.05, 3.63) is 35.9 Å². The minimum absolute atomic E-state index is 0.0520. The third kappa shape index (κ3) is 3.10. The molecular weight excluding hydrogens is 226 g/mol. The first-order valence-electron chi connectivity index (χ1n) is 6.60. The molecule has 1 aromatic rings. The van der Waals surface area contributed by atoms with Crippen LogP contribution in [0.25, 0.3) is 0 Å². The second kappa shape index (κ2) is 6.01. The van der Waals surface area contributed by atoms with Gasteiger partial charge in [-0.1, -0.05) is 30.3 Å². The van der Waals surface area contributed by atoms with Crippen LogP contribution in [0.15, 0.2) is 30.3 Å². The number of rotatable bonds is 4. The van der Waals surface area contributed by atoms with Gasteiger partial charge in [0.25, 0.3) is 0 Å². The van der Waals surface area contributed by atoms with Gasteiger partial charge in [-0.25, -0.2) is 0 Å². The predicted octanol–water partition coefficient (Wildman–Crippen LogP) is 2.46. The van der Waals surface area contributed by atoms with Crippen LogP contribution in [0.3, 0.4) is 0 Å². The van der Waals surface area contributed by atoms with Crippen molar-refractivity contribution >= 4 is 5.91 Å². The zero-order chi connectivity index (χ0) is 13.0. The number of amides is 1. The van der Waals surface area contributed by atoms with E-state index in [4.69, 9.17) is 4.74 Å². The Kier molecular flexibility index (Phi) is 4.37. The highest BCUT2D eigenvalue weighted by atomic mass is 16.5. The minimum atomic E-state index is 0.0520. The SMILES string of the molecule is CC(C)N(Cc1ccccc1)C(=O)C1CCOC1. The van der Waals surface area contributed by atoms with Crippen LogP contribution in [-0.2, 0) is 16.1 Å². The molecule has 18 heavy (non-hydrogen) atoms. The summed E-state index contributed by atoms with van der Waals surface area (Å²) in [5.41, 5.74) is 1.18. The van der Waals surface area contributed by atoms with Gasteiger partial charge in [-0.2, -0.15) is 0 Å². The Morgan fingerprint density at radius 2 is 2.11 bits per heavy atom. The molecule has 1 aliphatic rings. The van der Waals surface area contributed by atoms with Crippen LogP contribution in [0.4, 0.5) is 0 Å². The Hall–Kier alpha value is -1.35. The van der Waals surface area contributed by atoms with E-state index in [1.165, 1.54) is 5.56 Å². The zero-order valence-corrected chi connectivity index (χ0v) is 11.1. The number of benzene rings is 1. The summed E-state index contributed by atoms with van der Waals surface area (Å²) in [4.78, 5) is 14.4. The van der Waals surface area contributed by atoms with E-state index in [1.54, 1.807) is 0 Å². The van der Waals surface area contributed by atoms with E-state index in [2.05, 4.69) is 26.0 Å². The van der Waals surface area contributed by atoms with Gasteiger partial charge in [0.2, 0.25) is 5.91 Å². The maximum atomic E-state index is 12.4. The molecule has 1 fully saturated rings. The topological polar surface area (TPSA) is 29.5 Å². The standard InChI is InChI=1S/C15H21NO2/c1-12(2)16(10-13-6-4-3-5-7-13)15(17)14-8-9-18-11-14/h3-7,12,14H,8-11H2,1-2H3. The Morgan fingerprint density at radius 3 is 2.67 bits per heavy atom. The summed E-state index contributed by atoms with van der Waals surface area (Å²) in [5, 5.41) is 0. The molecule has 0 spiro atoms. The first-order chi connectivity index (χ1) is 8.68. The van der Waals surface area contributed by atoms with Gasteiger partial charge in [0.1, 0.15) is 0 Å². The number of nitrogens with zero attached hydrogens (tertiary/aromatic N) is 1. The van der Waals surface area contributed by atoms with E-state index in [0.717, 1.165) is 6.42 Å². The predicted molar refractivity (Wildman–Crippen MR) is 71.1 cm³/mol. The molecule has 1 atom stereocenters. The lowest BCUT2D eigenvalue weighted by molar-refractivity contribution is -0.137. The first kappa shape index (κ1) is 13.1. The fourth-order valence-electron chi connectivity index (χ4n) is 2.26. The van der Waals surface area contributed by atoms with Crippen LogP contribution in [0.5, 0.6) is 0 Å². The Morgan fingerprint density at radius 1 is 1.39 bits per heavy atom. The largest absolute Gasteiger partial charge is 0.381 e. The summed E-state index contributed by atoms with van der Waals surface area (Å²) in [6.45, 7) is 6.12. The van der Waals surface area contributed by atoms with Crippen molar-refractivity contribution in [3.8, 4) is 0 Å². The van der Waals surface area contributed by atoms with E-state index in [-0.39, 0.29) is 17.9 Å². The third-order valence-corrected chi connectivity index (χ3v) is 3.38. The molecule has 0 aromatic heterocycles. The van der Waals surface area contributed by atoms with E-state index in [9.17, 15) is 4.79 Å². The Bertz CT molecular complexity index is 383. The lowest BCUT2D eigenvalue weighted by Crippen LogP contribution is -2.40. The molecule has 0 radical (unpaired) electrons. The Labute approximate surface area is 109 Å². The number of carbonyl (C=O) groups excluding carboxylic acids is 1. The molecule has 3 nitrogen and oxygen atoms in total. The minimum Gasteiger partial charge on any atom is -0.381 e. The van der Waals surface area contributed by atoms with Gasteiger partial charge < -0.3 is 9.64 Å². The molecule has 1 heterocycles. The first-order valence-corrected chi connectivity index (χ1v) is 6.60. The molecule has 0 N–H and O–H groups in total. The number of ether oxygens (including phenoxy) is 1. The van der Waals surface area contributed by atoms with Crippen LogP contribution in [-0.4, -0.2) is 30.1 Å². The van der Waals surface area contributed by atoms with Crippen LogP contribution < -0.4 is 0 Å². The lowest BCUT2D eigenvalue weighted by Gasteiger charge is -2.29. The summed E-state index contributed by atoms with van der Waals surface area (Å²) in [6.07, 6.45) is 0.858. The van der Waals surface area contributed by atoms with Gasteiger partial charge in [-0.15, -0.1) is 0 Å². The Balaban J connectivity index is 2.06. The van der Waals surface area contributed by atoms with E-state index >= 15 is 0 Å². The highest BCUT2D eigenvalue weighted by molar-refractivity contribution is 5.79. The second-order valence-corrected chi connectivity index (χ2v) is 5.11. The lowest BCUT2D eigenvalue weighted by atomic mass is 10.1. The fraction of sp³-hybridized carbons (Fsp3) is 0.533. The van der Waals surface area contributed by atoms with Crippen LogP contribution in [0.1, 0.15) is 25.8 Å². The highest BCUT2D eigenvalue weighted by Crippen LogP contribution is 2.19. The molecule has 0 saturated carbocycles. The van der Waals surface area contributed by atoms with Crippen molar-refractivity contribution in [2.24, 2.45) is 5.92 Å². The number of carbonyl (C=O) groups is 1. The van der Waals surface area contributed by atoms with Crippen LogP contribution in [0.2, 0.25) is 0 Å². The van der Waals surface area contributed by atoms with Crippen molar-refractivity contribution in [2.45, 2.75) is 32.9 Å². The van der Waals surface area contributed by atoms with Gasteiger partial charge in [-0.05, 0) is 25.8 Å². The number of hydrogen-bond donors (Lipinski definition) is 0. The van der Waals surface area contributed by atoms with Gasteiger partial charge >= 0.3 is 0 Å². The van der Waals surface area contributed by atoms with E-state index in [1.807, 2.05) is 23.1 Å². The highest BCUT2D eigenvalue weighted by Gasteiger charge is 2.29. The fourth-order valence-corrected chi connectivity index (χ4v) is 2.26. The molecule has 98 valence electrons. The van der Waals surface area contributed by atoms with Gasteiger partial charge in [0, 0.05) is 19.2 Å². The molecule has 1 amide bonds. The maximum absolute atomic E-state index is 12.4. The molecule has 3 heteroatoms. The van der Waals surface area contributed by atoms with E-state index < -0.39 is 0 Å². The molecular formula is C15H21NO2. The molecule has 1 unspecified atom stereocenters. The number of hydrogen-bond acceptors (Lipinski definition) is 2. The van der Waals surface area contributed by atoms with Crippen molar-refractivity contribution in [1.82, 2.24) is 4.90 Å². The summed E-state index contributed by atoms with van der Waals surface area (Å²) >= 11 is 0. The molecule has 1 aromatic carbocycles. The van der Waals surface area contributed by atoms with Gasteiger partial charge in [0.05, 0.1) is 12.5 Å². The molecule has 1 saturated heterocycles. The average molecular weight is 247 g/mol. The maximum Gasteiger partial charge on any atom is 0.228 e. The van der Waals surface area contributed by atoms with Crippen molar-refractivity contribution < 1.29 is 9.53 Å². The quantitative estimate of drug-likeness (QED) is 0.818. The van der Waals surface area contributed by atoms with E-state index in [0.29, 0.717) is 19.8 Å². The molecule has 0 bridgehead atoms. The van der Waals surface area contributed by atoms with Gasteiger partial charge in [-0.3, -0.25) is 4.79 Å². The third-order valence-electron chi connectivity index (χ3n) is 3.38. The summed E-state index contributed by atoms with van der Waals surface area (Å²) in [7, 11) is 0. The van der Waals surface area contributed by atoms with Crippen LogP contribution >= 0.6 is 0 Å². The monoisotopic (exact) mass is 247 g/mol. The van der Waals surface area contributed by atoms with Crippen molar-refractivity contribution in [1.29, 1.82) is 0 Å². The van der Waals surface area contributed by atoms with Crippen LogP contribution in [0, 0.1) is 5.92 Å². The van der Waals surface area contributed by atoms with Gasteiger partial charge in [0.15, 0.2) is 0 Å². The summed E-state index contributed by atoms with van der Waals surface area (Å²) < 4.78 is 5.31. The summed E-state index contributed by atoms with van der Waals surface area (Å²) in [5.74, 6) is 0.280. The summed E-state index contributed by atoms with van der Waals surface area (Å²) in [6, 6.07) is 10.4. The second-order valence-electron chi connectivity index (χ2n) is 5.11.